The van der Waals surface area contributed by atoms with Crippen LogP contribution in [0.2, 0.25) is 0 Å². The number of carbonyl (C=O) groups is 2. The molecule has 1 N–H and O–H groups in total. The summed E-state index contributed by atoms with van der Waals surface area (Å²) in [5.74, 6) is 0.108. The maximum atomic E-state index is 11.4. The zero-order chi connectivity index (χ0) is 15.9. The van der Waals surface area contributed by atoms with Gasteiger partial charge in [0.2, 0.25) is 0 Å². The van der Waals surface area contributed by atoms with Crippen molar-refractivity contribution in [3.8, 4) is 5.75 Å². The molecule has 0 heterocycles. The molecule has 116 valence electrons. The predicted octanol–water partition coefficient (Wildman–Crippen LogP) is 2.38. The highest BCUT2D eigenvalue weighted by Gasteiger charge is 2.15. The molecule has 0 unspecified atom stereocenters. The van der Waals surface area contributed by atoms with Crippen molar-refractivity contribution in [2.75, 3.05) is 20.3 Å². The molecule has 1 aromatic rings. The number of benzene rings is 1. The van der Waals surface area contributed by atoms with Crippen LogP contribution in [-0.4, -0.2) is 37.9 Å². The number of esters is 1. The van der Waals surface area contributed by atoms with Crippen molar-refractivity contribution >= 4 is 12.1 Å². The van der Waals surface area contributed by atoms with Crippen molar-refractivity contribution < 1.29 is 23.8 Å². The Balaban J connectivity index is 2.36. The Morgan fingerprint density at radius 1 is 1.24 bits per heavy atom. The van der Waals surface area contributed by atoms with E-state index >= 15 is 0 Å². The predicted molar refractivity (Wildman–Crippen MR) is 77.5 cm³/mol. The van der Waals surface area contributed by atoms with Crippen LogP contribution in [0.15, 0.2) is 24.3 Å². The fraction of sp³-hybridized carbons (Fsp3) is 0.467. The molecule has 0 spiro atoms. The zero-order valence-electron chi connectivity index (χ0n) is 12.8. The molecule has 0 saturated carbocycles. The summed E-state index contributed by atoms with van der Waals surface area (Å²) in [6.07, 6.45) is -0.491. The minimum Gasteiger partial charge on any atom is -0.492 e. The fourth-order valence-corrected chi connectivity index (χ4v) is 1.47. The summed E-state index contributed by atoms with van der Waals surface area (Å²) in [7, 11) is 1.32. The Morgan fingerprint density at radius 2 is 1.95 bits per heavy atom. The summed E-state index contributed by atoms with van der Waals surface area (Å²) in [5.41, 5.74) is -0.116. The number of amides is 1. The van der Waals surface area contributed by atoms with E-state index in [4.69, 9.17) is 9.47 Å². The van der Waals surface area contributed by atoms with Gasteiger partial charge in [0.05, 0.1) is 19.2 Å². The lowest BCUT2D eigenvalue weighted by Crippen LogP contribution is -2.34. The first-order valence-corrected chi connectivity index (χ1v) is 6.60. The first-order valence-electron chi connectivity index (χ1n) is 6.60. The average Bonchev–Trinajstić information content (AvgIpc) is 2.41. The molecule has 0 atom stereocenters. The number of rotatable bonds is 5. The van der Waals surface area contributed by atoms with Crippen molar-refractivity contribution in [1.82, 2.24) is 5.32 Å². The highest BCUT2D eigenvalue weighted by atomic mass is 16.6. The molecular formula is C15H21NO5. The molecule has 6 heteroatoms. The van der Waals surface area contributed by atoms with E-state index in [-0.39, 0.29) is 6.61 Å². The molecule has 21 heavy (non-hydrogen) atoms. The summed E-state index contributed by atoms with van der Waals surface area (Å²) in [5, 5.41) is 2.58. The van der Waals surface area contributed by atoms with Gasteiger partial charge in [-0.05, 0) is 39.0 Å². The van der Waals surface area contributed by atoms with Gasteiger partial charge in [-0.25, -0.2) is 9.59 Å². The average molecular weight is 295 g/mol. The van der Waals surface area contributed by atoms with Gasteiger partial charge in [0, 0.05) is 0 Å². The molecule has 0 aliphatic carbocycles. The molecule has 0 bridgehead atoms. The van der Waals surface area contributed by atoms with E-state index in [1.54, 1.807) is 45.0 Å². The third-order valence-corrected chi connectivity index (χ3v) is 2.29. The summed E-state index contributed by atoms with van der Waals surface area (Å²) in [6, 6.07) is 6.64. The second-order valence-corrected chi connectivity index (χ2v) is 5.30. The van der Waals surface area contributed by atoms with Crippen molar-refractivity contribution in [1.29, 1.82) is 0 Å². The van der Waals surface area contributed by atoms with Crippen LogP contribution in [0.3, 0.4) is 0 Å². The maximum Gasteiger partial charge on any atom is 0.407 e. The molecule has 0 aliphatic rings. The lowest BCUT2D eigenvalue weighted by atomic mass is 10.2. The van der Waals surface area contributed by atoms with Crippen LogP contribution < -0.4 is 10.1 Å². The maximum absolute atomic E-state index is 11.4. The van der Waals surface area contributed by atoms with E-state index in [0.717, 1.165) is 0 Å². The number of carbonyl (C=O) groups excluding carboxylic acids is 2. The molecule has 0 aliphatic heterocycles. The Hall–Kier alpha value is -2.24. The SMILES string of the molecule is COC(=O)c1cccc(OCCNC(=O)OC(C)(C)C)c1. The second-order valence-electron chi connectivity index (χ2n) is 5.30. The van der Waals surface area contributed by atoms with Crippen LogP contribution in [0, 0.1) is 0 Å². The number of hydrogen-bond acceptors (Lipinski definition) is 5. The van der Waals surface area contributed by atoms with Gasteiger partial charge in [0.15, 0.2) is 0 Å². The molecular weight excluding hydrogens is 274 g/mol. The second kappa shape index (κ2) is 7.52. The smallest absolute Gasteiger partial charge is 0.407 e. The Bertz CT molecular complexity index is 493. The van der Waals surface area contributed by atoms with Gasteiger partial charge in [-0.2, -0.15) is 0 Å². The number of alkyl carbamates (subject to hydrolysis) is 1. The molecule has 6 nitrogen and oxygen atoms in total. The molecule has 0 saturated heterocycles. The molecule has 0 radical (unpaired) electrons. The summed E-state index contributed by atoms with van der Waals surface area (Å²) >= 11 is 0. The quantitative estimate of drug-likeness (QED) is 0.667. The van der Waals surface area contributed by atoms with E-state index in [1.807, 2.05) is 0 Å². The van der Waals surface area contributed by atoms with Gasteiger partial charge >= 0.3 is 12.1 Å². The molecule has 1 aromatic carbocycles. The van der Waals surface area contributed by atoms with E-state index < -0.39 is 17.7 Å². The minimum absolute atomic E-state index is 0.268. The molecule has 0 fully saturated rings. The topological polar surface area (TPSA) is 73.9 Å². The molecule has 1 amide bonds. The zero-order valence-corrected chi connectivity index (χ0v) is 12.8. The van der Waals surface area contributed by atoms with Crippen LogP contribution in [0.4, 0.5) is 4.79 Å². The van der Waals surface area contributed by atoms with E-state index in [9.17, 15) is 9.59 Å². The molecule has 1 rings (SSSR count). The lowest BCUT2D eigenvalue weighted by molar-refractivity contribution is 0.0519. The van der Waals surface area contributed by atoms with Crippen molar-refractivity contribution in [3.63, 3.8) is 0 Å². The van der Waals surface area contributed by atoms with Crippen LogP contribution in [0.1, 0.15) is 31.1 Å². The number of methoxy groups -OCH3 is 1. The van der Waals surface area contributed by atoms with Gasteiger partial charge in [0.1, 0.15) is 18.0 Å². The summed E-state index contributed by atoms with van der Waals surface area (Å²) in [4.78, 5) is 22.8. The first-order chi connectivity index (χ1) is 9.81. The van der Waals surface area contributed by atoms with Gasteiger partial charge in [-0.1, -0.05) is 6.07 Å². The highest BCUT2D eigenvalue weighted by molar-refractivity contribution is 5.89. The van der Waals surface area contributed by atoms with E-state index in [0.29, 0.717) is 17.9 Å². The first kappa shape index (κ1) is 16.8. The fourth-order valence-electron chi connectivity index (χ4n) is 1.47. The van der Waals surface area contributed by atoms with Crippen molar-refractivity contribution in [2.24, 2.45) is 0 Å². The largest absolute Gasteiger partial charge is 0.492 e. The number of hydrogen-bond donors (Lipinski definition) is 1. The van der Waals surface area contributed by atoms with Gasteiger partial charge < -0.3 is 19.5 Å². The third-order valence-electron chi connectivity index (χ3n) is 2.29. The minimum atomic E-state index is -0.528. The van der Waals surface area contributed by atoms with Crippen LogP contribution >= 0.6 is 0 Å². The van der Waals surface area contributed by atoms with Crippen LogP contribution in [-0.2, 0) is 9.47 Å². The van der Waals surface area contributed by atoms with Gasteiger partial charge in [0.25, 0.3) is 0 Å². The van der Waals surface area contributed by atoms with Gasteiger partial charge in [-0.15, -0.1) is 0 Å². The van der Waals surface area contributed by atoms with Crippen molar-refractivity contribution in [2.45, 2.75) is 26.4 Å². The van der Waals surface area contributed by atoms with Crippen molar-refractivity contribution in [3.05, 3.63) is 29.8 Å². The lowest BCUT2D eigenvalue weighted by Gasteiger charge is -2.19. The standard InChI is InChI=1S/C15H21NO5/c1-15(2,3)21-14(18)16-8-9-20-12-7-5-6-11(10-12)13(17)19-4/h5-7,10H,8-9H2,1-4H3,(H,16,18). The van der Waals surface area contributed by atoms with Crippen LogP contribution in [0.25, 0.3) is 0 Å². The molecule has 0 aromatic heterocycles. The van der Waals surface area contributed by atoms with Crippen LogP contribution in [0.5, 0.6) is 5.75 Å². The summed E-state index contributed by atoms with van der Waals surface area (Å²) in [6.45, 7) is 5.95. The van der Waals surface area contributed by atoms with E-state index in [1.165, 1.54) is 7.11 Å². The third kappa shape index (κ3) is 6.65. The Labute approximate surface area is 124 Å². The van der Waals surface area contributed by atoms with Gasteiger partial charge in [-0.3, -0.25) is 0 Å². The monoisotopic (exact) mass is 295 g/mol. The number of nitrogens with one attached hydrogen (secondary N) is 1. The highest BCUT2D eigenvalue weighted by Crippen LogP contribution is 2.13. The normalized spacial score (nSPS) is 10.7. The number of ether oxygens (including phenoxy) is 3. The Morgan fingerprint density at radius 3 is 2.57 bits per heavy atom. The Kier molecular flexibility index (Phi) is 6.02. The van der Waals surface area contributed by atoms with E-state index in [2.05, 4.69) is 10.1 Å². The summed E-state index contributed by atoms with van der Waals surface area (Å²) < 4.78 is 15.2.